The fraction of sp³-hybridized carbons (Fsp3) is 0.692. The van der Waals surface area contributed by atoms with Gasteiger partial charge in [0, 0.05) is 19.2 Å². The van der Waals surface area contributed by atoms with E-state index in [9.17, 15) is 9.59 Å². The fourth-order valence-corrected chi connectivity index (χ4v) is 1.24. The monoisotopic (exact) mass is 269 g/mol. The van der Waals surface area contributed by atoms with E-state index in [-0.39, 0.29) is 5.91 Å². The van der Waals surface area contributed by atoms with E-state index in [1.807, 2.05) is 13.8 Å². The molecule has 6 heteroatoms. The molecule has 0 fully saturated rings. The molecular formula is C13H23N3O3. The molecule has 0 aliphatic heterocycles. The molecule has 0 spiro atoms. The molecule has 0 aliphatic carbocycles. The summed E-state index contributed by atoms with van der Waals surface area (Å²) in [4.78, 5) is 24.7. The number of azo groups is 1. The summed E-state index contributed by atoms with van der Waals surface area (Å²) in [5.41, 5.74) is -0.243. The normalized spacial score (nSPS) is 12.6. The van der Waals surface area contributed by atoms with Crippen LogP contribution in [0.15, 0.2) is 22.0 Å². The van der Waals surface area contributed by atoms with Gasteiger partial charge in [0.05, 0.1) is 5.70 Å². The first-order valence-corrected chi connectivity index (χ1v) is 6.31. The van der Waals surface area contributed by atoms with Crippen molar-refractivity contribution in [2.24, 2.45) is 10.2 Å². The minimum Gasteiger partial charge on any atom is -0.441 e. The summed E-state index contributed by atoms with van der Waals surface area (Å²) in [6, 6.07) is 0. The van der Waals surface area contributed by atoms with Crippen molar-refractivity contribution in [2.75, 3.05) is 13.1 Å². The van der Waals surface area contributed by atoms with Gasteiger partial charge in [-0.15, -0.1) is 5.11 Å². The maximum atomic E-state index is 11.7. The Bertz CT molecular complexity index is 377. The number of carbonyl (C=O) groups is 2. The fourth-order valence-electron chi connectivity index (χ4n) is 1.24. The Kier molecular flexibility index (Phi) is 6.96. The predicted molar refractivity (Wildman–Crippen MR) is 72.8 cm³/mol. The van der Waals surface area contributed by atoms with Gasteiger partial charge in [0.2, 0.25) is 5.91 Å². The first-order valence-electron chi connectivity index (χ1n) is 6.31. The van der Waals surface area contributed by atoms with E-state index in [1.54, 1.807) is 32.6 Å². The molecule has 0 radical (unpaired) electrons. The number of nitrogens with zero attached hydrogens (tertiary/aromatic N) is 3. The Balaban J connectivity index is 4.55. The van der Waals surface area contributed by atoms with Gasteiger partial charge >= 0.3 is 6.09 Å². The minimum atomic E-state index is -0.768. The number of rotatable bonds is 4. The Morgan fingerprint density at radius 1 is 1.16 bits per heavy atom. The van der Waals surface area contributed by atoms with Crippen molar-refractivity contribution in [3.05, 3.63) is 11.8 Å². The third-order valence-electron chi connectivity index (χ3n) is 2.09. The molecule has 2 amide bonds. The second-order valence-electron chi connectivity index (χ2n) is 4.98. The van der Waals surface area contributed by atoms with Crippen LogP contribution < -0.4 is 0 Å². The van der Waals surface area contributed by atoms with Crippen LogP contribution in [0.2, 0.25) is 0 Å². The average Bonchev–Trinajstić information content (AvgIpc) is 2.25. The second kappa shape index (κ2) is 7.66. The molecular weight excluding hydrogens is 246 g/mol. The lowest BCUT2D eigenvalue weighted by molar-refractivity contribution is -0.125. The van der Waals surface area contributed by atoms with Gasteiger partial charge in [0.15, 0.2) is 0 Å². The van der Waals surface area contributed by atoms with E-state index >= 15 is 0 Å². The predicted octanol–water partition coefficient (Wildman–Crippen LogP) is 3.15. The van der Waals surface area contributed by atoms with Crippen LogP contribution in [0.25, 0.3) is 0 Å². The average molecular weight is 269 g/mol. The Morgan fingerprint density at radius 2 is 1.68 bits per heavy atom. The number of amides is 2. The molecule has 0 atom stereocenters. The van der Waals surface area contributed by atoms with Crippen LogP contribution in [0.5, 0.6) is 0 Å². The van der Waals surface area contributed by atoms with E-state index in [2.05, 4.69) is 10.2 Å². The zero-order valence-corrected chi connectivity index (χ0v) is 12.6. The quantitative estimate of drug-likeness (QED) is 0.581. The van der Waals surface area contributed by atoms with Crippen LogP contribution in [0.1, 0.15) is 41.5 Å². The highest BCUT2D eigenvalue weighted by Gasteiger charge is 2.15. The van der Waals surface area contributed by atoms with Crippen LogP contribution in [0.3, 0.4) is 0 Å². The van der Waals surface area contributed by atoms with Crippen molar-refractivity contribution >= 4 is 12.0 Å². The molecule has 108 valence electrons. The summed E-state index contributed by atoms with van der Waals surface area (Å²) in [6.45, 7) is 11.9. The maximum absolute atomic E-state index is 11.7. The SMILES string of the molecule is CCN(CC)C(=O)/C=C(\C)N=NC(=O)OC(C)(C)C. The highest BCUT2D eigenvalue weighted by Crippen LogP contribution is 2.09. The number of hydrogen-bond acceptors (Lipinski definition) is 4. The highest BCUT2D eigenvalue weighted by molar-refractivity contribution is 5.88. The third-order valence-corrected chi connectivity index (χ3v) is 2.09. The molecule has 0 aromatic rings. The zero-order valence-electron chi connectivity index (χ0n) is 12.6. The molecule has 0 aliphatic rings. The van der Waals surface area contributed by atoms with E-state index in [0.29, 0.717) is 18.8 Å². The van der Waals surface area contributed by atoms with Crippen LogP contribution in [0, 0.1) is 0 Å². The standard InChI is InChI=1S/C13H23N3O3/c1-7-16(8-2)11(17)9-10(3)14-15-12(18)19-13(4,5)6/h9H,7-8H2,1-6H3/b10-9+,15-14?. The van der Waals surface area contributed by atoms with E-state index in [4.69, 9.17) is 4.74 Å². The topological polar surface area (TPSA) is 71.3 Å². The van der Waals surface area contributed by atoms with Crippen molar-refractivity contribution in [1.29, 1.82) is 0 Å². The van der Waals surface area contributed by atoms with Gasteiger partial charge in [-0.2, -0.15) is 0 Å². The van der Waals surface area contributed by atoms with E-state index < -0.39 is 11.7 Å². The summed E-state index contributed by atoms with van der Waals surface area (Å²) in [7, 11) is 0. The van der Waals surface area contributed by atoms with Crippen molar-refractivity contribution in [1.82, 2.24) is 4.90 Å². The summed E-state index contributed by atoms with van der Waals surface area (Å²) < 4.78 is 4.96. The number of carbonyl (C=O) groups excluding carboxylic acids is 2. The zero-order chi connectivity index (χ0) is 15.1. The Labute approximate surface area is 114 Å². The lowest BCUT2D eigenvalue weighted by atomic mass is 10.2. The van der Waals surface area contributed by atoms with Crippen molar-refractivity contribution in [3.63, 3.8) is 0 Å². The maximum Gasteiger partial charge on any atom is 0.452 e. The minimum absolute atomic E-state index is 0.148. The molecule has 19 heavy (non-hydrogen) atoms. The lowest BCUT2D eigenvalue weighted by Crippen LogP contribution is -2.28. The van der Waals surface area contributed by atoms with E-state index in [0.717, 1.165) is 0 Å². The van der Waals surface area contributed by atoms with Crippen LogP contribution in [0.4, 0.5) is 4.79 Å². The summed E-state index contributed by atoms with van der Waals surface area (Å²) in [5, 5.41) is 7.06. The van der Waals surface area contributed by atoms with Crippen molar-refractivity contribution < 1.29 is 14.3 Å². The largest absolute Gasteiger partial charge is 0.452 e. The van der Waals surface area contributed by atoms with Gasteiger partial charge in [-0.25, -0.2) is 4.79 Å². The molecule has 0 heterocycles. The van der Waals surface area contributed by atoms with Crippen LogP contribution in [-0.2, 0) is 9.53 Å². The highest BCUT2D eigenvalue weighted by atomic mass is 16.6. The third kappa shape index (κ3) is 8.07. The molecule has 0 rings (SSSR count). The number of allylic oxidation sites excluding steroid dienone is 1. The lowest BCUT2D eigenvalue weighted by Gasteiger charge is -2.17. The molecule has 0 unspecified atom stereocenters. The van der Waals surface area contributed by atoms with Crippen molar-refractivity contribution in [2.45, 2.75) is 47.1 Å². The van der Waals surface area contributed by atoms with Gasteiger partial charge < -0.3 is 9.64 Å². The molecule has 6 nitrogen and oxygen atoms in total. The van der Waals surface area contributed by atoms with Gasteiger partial charge in [-0.05, 0) is 41.5 Å². The molecule has 0 N–H and O–H groups in total. The summed E-state index contributed by atoms with van der Waals surface area (Å²) >= 11 is 0. The molecule has 0 aromatic heterocycles. The first kappa shape index (κ1) is 17.3. The Hall–Kier alpha value is -1.72. The summed E-state index contributed by atoms with van der Waals surface area (Å²) in [6.07, 6.45) is 0.580. The van der Waals surface area contributed by atoms with Gasteiger partial charge in [0.1, 0.15) is 5.60 Å². The van der Waals surface area contributed by atoms with Crippen LogP contribution >= 0.6 is 0 Å². The van der Waals surface area contributed by atoms with Crippen LogP contribution in [-0.4, -0.2) is 35.6 Å². The second-order valence-corrected chi connectivity index (χ2v) is 4.98. The Morgan fingerprint density at radius 3 is 2.11 bits per heavy atom. The van der Waals surface area contributed by atoms with Gasteiger partial charge in [-0.3, -0.25) is 4.79 Å². The van der Waals surface area contributed by atoms with Crippen molar-refractivity contribution in [3.8, 4) is 0 Å². The molecule has 0 bridgehead atoms. The summed E-state index contributed by atoms with van der Waals surface area (Å²) in [5.74, 6) is -0.148. The van der Waals surface area contributed by atoms with Gasteiger partial charge in [-0.1, -0.05) is 5.11 Å². The molecule has 0 saturated carbocycles. The molecule has 0 saturated heterocycles. The number of hydrogen-bond donors (Lipinski definition) is 0. The first-order chi connectivity index (χ1) is 8.69. The molecule has 0 aromatic carbocycles. The smallest absolute Gasteiger partial charge is 0.441 e. The van der Waals surface area contributed by atoms with Gasteiger partial charge in [0.25, 0.3) is 0 Å². The number of ether oxygens (including phenoxy) is 1. The van der Waals surface area contributed by atoms with E-state index in [1.165, 1.54) is 6.08 Å². The number of likely N-dealkylation sites (N-methyl/N-ethyl adjacent to an activating group) is 1.